The Morgan fingerprint density at radius 1 is 1.25 bits per heavy atom. The molecule has 20 heavy (non-hydrogen) atoms. The van der Waals surface area contributed by atoms with E-state index in [1.54, 1.807) is 0 Å². The fourth-order valence-electron chi connectivity index (χ4n) is 3.65. The van der Waals surface area contributed by atoms with Gasteiger partial charge in [0.1, 0.15) is 0 Å². The van der Waals surface area contributed by atoms with Gasteiger partial charge in [0.25, 0.3) is 0 Å². The molecule has 0 bridgehead atoms. The van der Waals surface area contributed by atoms with Crippen LogP contribution in [0.4, 0.5) is 0 Å². The highest BCUT2D eigenvalue weighted by atomic mass is 15.1. The minimum Gasteiger partial charge on any atom is -0.345 e. The summed E-state index contributed by atoms with van der Waals surface area (Å²) < 4.78 is 2.45. The highest BCUT2D eigenvalue weighted by molar-refractivity contribution is 5.87. The molecule has 0 aliphatic carbocycles. The molecule has 0 fully saturated rings. The van der Waals surface area contributed by atoms with Crippen LogP contribution in [0.25, 0.3) is 10.9 Å². The monoisotopic (exact) mass is 271 g/mol. The first-order chi connectivity index (χ1) is 9.52. The van der Waals surface area contributed by atoms with Crippen molar-refractivity contribution in [2.45, 2.75) is 52.9 Å². The van der Waals surface area contributed by atoms with E-state index < -0.39 is 0 Å². The van der Waals surface area contributed by atoms with Gasteiger partial charge in [0, 0.05) is 42.3 Å². The van der Waals surface area contributed by atoms with Crippen molar-refractivity contribution >= 4 is 10.9 Å². The summed E-state index contributed by atoms with van der Waals surface area (Å²) in [6.45, 7) is 9.74. The molecule has 0 spiro atoms. The van der Waals surface area contributed by atoms with Gasteiger partial charge in [-0.05, 0) is 56.1 Å². The zero-order valence-corrected chi connectivity index (χ0v) is 13.0. The van der Waals surface area contributed by atoms with Crippen molar-refractivity contribution in [3.63, 3.8) is 0 Å². The van der Waals surface area contributed by atoms with Crippen molar-refractivity contribution in [1.29, 1.82) is 0 Å². The molecule has 1 aromatic carbocycles. The molecular formula is C17H25N3. The van der Waals surface area contributed by atoms with E-state index in [2.05, 4.69) is 49.4 Å². The van der Waals surface area contributed by atoms with Crippen molar-refractivity contribution in [3.8, 4) is 0 Å². The van der Waals surface area contributed by atoms with Crippen LogP contribution in [0.3, 0.4) is 0 Å². The maximum Gasteiger partial charge on any atom is 0.0489 e. The van der Waals surface area contributed by atoms with Crippen molar-refractivity contribution in [1.82, 2.24) is 9.47 Å². The minimum absolute atomic E-state index is 0.0905. The zero-order chi connectivity index (χ0) is 14.4. The fourth-order valence-corrected chi connectivity index (χ4v) is 3.65. The van der Waals surface area contributed by atoms with Crippen LogP contribution in [0.2, 0.25) is 0 Å². The van der Waals surface area contributed by atoms with E-state index >= 15 is 0 Å². The zero-order valence-electron chi connectivity index (χ0n) is 13.0. The first-order valence-corrected chi connectivity index (χ1v) is 7.61. The summed E-state index contributed by atoms with van der Waals surface area (Å²) in [6, 6.07) is 4.86. The summed E-state index contributed by atoms with van der Waals surface area (Å²) in [6.07, 6.45) is 1.15. The molecule has 1 aliphatic rings. The van der Waals surface area contributed by atoms with Crippen molar-refractivity contribution in [2.75, 3.05) is 7.05 Å². The van der Waals surface area contributed by atoms with Gasteiger partial charge in [-0.25, -0.2) is 0 Å². The van der Waals surface area contributed by atoms with Crippen molar-refractivity contribution in [3.05, 3.63) is 34.5 Å². The van der Waals surface area contributed by atoms with Gasteiger partial charge in [-0.3, -0.25) is 4.90 Å². The molecule has 0 amide bonds. The quantitative estimate of drug-likeness (QED) is 0.929. The van der Waals surface area contributed by atoms with Gasteiger partial charge in [0.15, 0.2) is 0 Å². The lowest BCUT2D eigenvalue weighted by Crippen LogP contribution is -2.08. The maximum atomic E-state index is 6.24. The van der Waals surface area contributed by atoms with Crippen LogP contribution in [0.1, 0.15) is 48.7 Å². The Hall–Kier alpha value is -1.32. The number of aromatic nitrogens is 1. The van der Waals surface area contributed by atoms with Gasteiger partial charge in [-0.2, -0.15) is 0 Å². The topological polar surface area (TPSA) is 34.2 Å². The number of hydrogen-bond donors (Lipinski definition) is 1. The highest BCUT2D eigenvalue weighted by Crippen LogP contribution is 2.34. The smallest absolute Gasteiger partial charge is 0.0489 e. The first kappa shape index (κ1) is 13.7. The third-order valence-electron chi connectivity index (χ3n) is 4.48. The number of aryl methyl sites for hydroxylation is 1. The molecule has 0 saturated carbocycles. The van der Waals surface area contributed by atoms with Crippen LogP contribution >= 0.6 is 0 Å². The largest absolute Gasteiger partial charge is 0.345 e. The van der Waals surface area contributed by atoms with Crippen LogP contribution in [0.5, 0.6) is 0 Å². The normalized spacial score (nSPS) is 16.9. The Kier molecular flexibility index (Phi) is 3.35. The Morgan fingerprint density at radius 3 is 2.50 bits per heavy atom. The number of rotatable bonds is 3. The van der Waals surface area contributed by atoms with E-state index in [0.717, 1.165) is 26.1 Å². The minimum atomic E-state index is 0.0905. The lowest BCUT2D eigenvalue weighted by molar-refractivity contribution is 0.353. The Balaban J connectivity index is 2.28. The SMILES string of the molecule is CCCn1c(C)c(C(C)N)c2cc3c(cc21)CN(C)C3. The third kappa shape index (κ3) is 1.97. The van der Waals surface area contributed by atoms with E-state index in [1.807, 2.05) is 0 Å². The van der Waals surface area contributed by atoms with Crippen molar-refractivity contribution in [2.24, 2.45) is 5.73 Å². The van der Waals surface area contributed by atoms with Gasteiger partial charge in [-0.15, -0.1) is 0 Å². The van der Waals surface area contributed by atoms with Crippen molar-refractivity contribution < 1.29 is 0 Å². The molecule has 1 aromatic heterocycles. The van der Waals surface area contributed by atoms with Gasteiger partial charge in [0.05, 0.1) is 0 Å². The summed E-state index contributed by atoms with van der Waals surface area (Å²) in [5.74, 6) is 0. The average molecular weight is 271 g/mol. The molecular weight excluding hydrogens is 246 g/mol. The lowest BCUT2D eigenvalue weighted by atomic mass is 10.0. The van der Waals surface area contributed by atoms with Crippen LogP contribution in [-0.2, 0) is 19.6 Å². The Bertz CT molecular complexity index is 652. The number of hydrogen-bond acceptors (Lipinski definition) is 2. The number of nitrogens with zero attached hydrogens (tertiary/aromatic N) is 2. The number of fused-ring (bicyclic) bond motifs is 2. The number of benzene rings is 1. The van der Waals surface area contributed by atoms with E-state index in [0.29, 0.717) is 0 Å². The van der Waals surface area contributed by atoms with Gasteiger partial charge in [-0.1, -0.05) is 6.92 Å². The van der Waals surface area contributed by atoms with Crippen LogP contribution in [0.15, 0.2) is 12.1 Å². The molecule has 0 radical (unpaired) electrons. The highest BCUT2D eigenvalue weighted by Gasteiger charge is 2.22. The van der Waals surface area contributed by atoms with E-state index in [9.17, 15) is 0 Å². The predicted octanol–water partition coefficient (Wildman–Crippen LogP) is 3.32. The lowest BCUT2D eigenvalue weighted by Gasteiger charge is -2.08. The summed E-state index contributed by atoms with van der Waals surface area (Å²) in [7, 11) is 2.18. The standard InChI is InChI=1S/C17H25N3/c1-5-6-20-12(3)17(11(2)18)15-7-13-9-19(4)10-14(13)8-16(15)20/h7-8,11H,5-6,9-10,18H2,1-4H3. The van der Waals surface area contributed by atoms with E-state index in [-0.39, 0.29) is 6.04 Å². The van der Waals surface area contributed by atoms with Gasteiger partial charge >= 0.3 is 0 Å². The van der Waals surface area contributed by atoms with E-state index in [4.69, 9.17) is 5.73 Å². The van der Waals surface area contributed by atoms with Crippen LogP contribution < -0.4 is 5.73 Å². The second kappa shape index (κ2) is 4.90. The Morgan fingerprint density at radius 2 is 1.90 bits per heavy atom. The summed E-state index contributed by atoms with van der Waals surface area (Å²) in [5.41, 5.74) is 13.2. The molecule has 3 rings (SSSR count). The van der Waals surface area contributed by atoms with Crippen LogP contribution in [-0.4, -0.2) is 16.5 Å². The molecule has 1 aliphatic heterocycles. The summed E-state index contributed by atoms with van der Waals surface area (Å²) in [5, 5.41) is 1.36. The third-order valence-corrected chi connectivity index (χ3v) is 4.48. The maximum absolute atomic E-state index is 6.24. The Labute approximate surface area is 121 Å². The summed E-state index contributed by atoms with van der Waals surface area (Å²) >= 11 is 0. The predicted molar refractivity (Wildman–Crippen MR) is 84.7 cm³/mol. The van der Waals surface area contributed by atoms with E-state index in [1.165, 1.54) is 33.3 Å². The molecule has 0 saturated heterocycles. The second-order valence-electron chi connectivity index (χ2n) is 6.25. The first-order valence-electron chi connectivity index (χ1n) is 7.61. The molecule has 3 nitrogen and oxygen atoms in total. The summed E-state index contributed by atoms with van der Waals surface area (Å²) in [4.78, 5) is 2.37. The molecule has 1 atom stereocenters. The van der Waals surface area contributed by atoms with Gasteiger partial charge < -0.3 is 10.3 Å². The molecule has 2 aromatic rings. The van der Waals surface area contributed by atoms with Crippen LogP contribution in [0, 0.1) is 6.92 Å². The molecule has 2 heterocycles. The number of nitrogens with two attached hydrogens (primary N) is 1. The van der Waals surface area contributed by atoms with Gasteiger partial charge in [0.2, 0.25) is 0 Å². The average Bonchev–Trinajstić information content (AvgIpc) is 2.85. The molecule has 3 heteroatoms. The second-order valence-corrected chi connectivity index (χ2v) is 6.25. The molecule has 108 valence electrons. The fraction of sp³-hybridized carbons (Fsp3) is 0.529. The molecule has 2 N–H and O–H groups in total. The molecule has 1 unspecified atom stereocenters.